The third-order valence-corrected chi connectivity index (χ3v) is 11.6. The Morgan fingerprint density at radius 2 is 1.83 bits per heavy atom. The van der Waals surface area contributed by atoms with Crippen molar-refractivity contribution in [1.29, 1.82) is 0 Å². The average molecular weight is 620 g/mol. The summed E-state index contributed by atoms with van der Waals surface area (Å²) < 4.78 is 86.9. The summed E-state index contributed by atoms with van der Waals surface area (Å²) in [4.78, 5) is 25.4. The average Bonchev–Trinajstić information content (AvgIpc) is 3.18. The van der Waals surface area contributed by atoms with Gasteiger partial charge in [-0.25, -0.2) is 13.2 Å². The number of carbonyl (C=O) groups is 2. The number of nitrogens with zero attached hydrogens (tertiary/aromatic N) is 1. The summed E-state index contributed by atoms with van der Waals surface area (Å²) in [6, 6.07) is -1.02. The SMILES string of the molecule is CC1(C(F)(F)F)C=CC(N(O)C[C@@H]2CC3[C@@H]4C[C@H](F)C5=CC(=O)C=C[C@]5(C)[C@@]4(F)[C@@H](O)C[C@]3(C)[C@H]2C(=O)SCF)=CC1. The van der Waals surface area contributed by atoms with Crippen molar-refractivity contribution in [1.82, 2.24) is 5.06 Å². The van der Waals surface area contributed by atoms with Gasteiger partial charge in [-0.3, -0.25) is 19.9 Å². The van der Waals surface area contributed by atoms with E-state index >= 15 is 8.78 Å². The fourth-order valence-electron chi connectivity index (χ4n) is 8.62. The predicted molar refractivity (Wildman–Crippen MR) is 144 cm³/mol. The van der Waals surface area contributed by atoms with Gasteiger partial charge in [-0.15, -0.1) is 0 Å². The van der Waals surface area contributed by atoms with Gasteiger partial charge in [0.05, 0.1) is 17.2 Å². The summed E-state index contributed by atoms with van der Waals surface area (Å²) in [6.45, 7) is 4.00. The Bertz CT molecular complexity index is 1280. The van der Waals surface area contributed by atoms with Gasteiger partial charge in [-0.2, -0.15) is 13.2 Å². The van der Waals surface area contributed by atoms with Gasteiger partial charge in [-0.1, -0.05) is 36.9 Å². The molecule has 2 N–H and O–H groups in total. The van der Waals surface area contributed by atoms with E-state index in [1.54, 1.807) is 6.92 Å². The highest BCUT2D eigenvalue weighted by molar-refractivity contribution is 8.13. The molecule has 0 aromatic heterocycles. The number of aliphatic hydroxyl groups excluding tert-OH is 1. The molecule has 0 heterocycles. The lowest BCUT2D eigenvalue weighted by molar-refractivity contribution is -0.201. The highest BCUT2D eigenvalue weighted by atomic mass is 32.2. The van der Waals surface area contributed by atoms with Crippen LogP contribution in [-0.2, 0) is 9.59 Å². The van der Waals surface area contributed by atoms with Crippen LogP contribution in [0.5, 0.6) is 0 Å². The number of aliphatic hydroxyl groups is 1. The minimum atomic E-state index is -4.50. The number of hydrogen-bond acceptors (Lipinski definition) is 6. The minimum absolute atomic E-state index is 0.0324. The molecule has 232 valence electrons. The maximum absolute atomic E-state index is 17.4. The van der Waals surface area contributed by atoms with Crippen LogP contribution >= 0.6 is 11.8 Å². The molecule has 5 rings (SSSR count). The van der Waals surface area contributed by atoms with E-state index in [1.165, 1.54) is 25.2 Å². The van der Waals surface area contributed by atoms with Crippen molar-refractivity contribution >= 4 is 22.7 Å². The third kappa shape index (κ3) is 4.45. The fraction of sp³-hybridized carbons (Fsp3) is 0.667. The smallest absolute Gasteiger partial charge is 0.390 e. The number of ketones is 1. The number of fused-ring (bicyclic) bond motifs is 5. The molecule has 0 aliphatic heterocycles. The molecule has 2 unspecified atom stereocenters. The highest BCUT2D eigenvalue weighted by Crippen LogP contribution is 2.70. The molecule has 0 spiro atoms. The zero-order chi connectivity index (χ0) is 31.0. The molecule has 0 amide bonds. The van der Waals surface area contributed by atoms with Gasteiger partial charge in [0.1, 0.15) is 12.2 Å². The second kappa shape index (κ2) is 10.3. The standard InChI is InChI=1S/C30H35F6NO4S/c1-26(30(34,35)36)7-4-17(5-8-26)37(41)14-16-10-19-20-12-22(32)21-11-18(38)6-9-28(21,3)29(20,33)23(39)13-27(19,2)24(16)25(40)42-15-31/h4-7,9,11,16,19-20,22-24,39,41H,8,10,12-15H2,1-3H3/t16-,19?,20-,22-,23-,24+,26?,27-,28-,29-/m0/s1. The Balaban J connectivity index is 1.48. The monoisotopic (exact) mass is 619 g/mol. The number of halogens is 6. The second-order valence-corrected chi connectivity index (χ2v) is 14.1. The van der Waals surface area contributed by atoms with Gasteiger partial charge < -0.3 is 5.11 Å². The topological polar surface area (TPSA) is 77.8 Å². The number of hydrogen-bond donors (Lipinski definition) is 2. The van der Waals surface area contributed by atoms with Crippen molar-refractivity contribution in [3.05, 3.63) is 47.7 Å². The van der Waals surface area contributed by atoms with Crippen LogP contribution in [0.2, 0.25) is 0 Å². The van der Waals surface area contributed by atoms with Gasteiger partial charge in [0.15, 0.2) is 16.6 Å². The van der Waals surface area contributed by atoms with Gasteiger partial charge in [-0.05, 0) is 80.6 Å². The molecule has 12 heteroatoms. The van der Waals surface area contributed by atoms with E-state index in [2.05, 4.69) is 0 Å². The largest absolute Gasteiger partial charge is 0.397 e. The Labute approximate surface area is 244 Å². The fourth-order valence-corrected chi connectivity index (χ4v) is 9.37. The molecule has 3 fully saturated rings. The Morgan fingerprint density at radius 1 is 1.14 bits per heavy atom. The van der Waals surface area contributed by atoms with Gasteiger partial charge in [0.2, 0.25) is 0 Å². The van der Waals surface area contributed by atoms with Crippen molar-refractivity contribution in [2.45, 2.75) is 70.6 Å². The summed E-state index contributed by atoms with van der Waals surface area (Å²) in [5.74, 6) is -3.82. The number of carbonyl (C=O) groups excluding carboxylic acids is 2. The van der Waals surface area contributed by atoms with Gasteiger partial charge >= 0.3 is 6.18 Å². The lowest BCUT2D eigenvalue weighted by atomic mass is 9.45. The molecule has 42 heavy (non-hydrogen) atoms. The van der Waals surface area contributed by atoms with Crippen molar-refractivity contribution in [3.63, 3.8) is 0 Å². The first-order valence-corrected chi connectivity index (χ1v) is 15.0. The van der Waals surface area contributed by atoms with Crippen LogP contribution in [0.1, 0.15) is 46.5 Å². The Morgan fingerprint density at radius 3 is 2.43 bits per heavy atom. The number of thioether (sulfide) groups is 1. The van der Waals surface area contributed by atoms with Crippen LogP contribution < -0.4 is 0 Å². The van der Waals surface area contributed by atoms with Crippen LogP contribution in [0, 0.1) is 39.9 Å². The zero-order valence-electron chi connectivity index (χ0n) is 23.5. The van der Waals surface area contributed by atoms with Crippen LogP contribution in [0.25, 0.3) is 0 Å². The van der Waals surface area contributed by atoms with Crippen molar-refractivity contribution in [3.8, 4) is 0 Å². The molecular weight excluding hydrogens is 584 g/mol. The number of hydroxylamine groups is 2. The molecule has 0 aromatic rings. The van der Waals surface area contributed by atoms with Crippen LogP contribution in [-0.4, -0.2) is 62.9 Å². The van der Waals surface area contributed by atoms with E-state index in [4.69, 9.17) is 0 Å². The molecule has 5 nitrogen and oxygen atoms in total. The Kier molecular flexibility index (Phi) is 7.66. The number of alkyl halides is 6. The first kappa shape index (κ1) is 31.4. The molecule has 0 bridgehead atoms. The lowest BCUT2D eigenvalue weighted by Gasteiger charge is -2.62. The molecule has 0 radical (unpaired) electrons. The third-order valence-electron chi connectivity index (χ3n) is 11.0. The van der Waals surface area contributed by atoms with Gasteiger partial charge in [0, 0.05) is 23.8 Å². The Hall–Kier alpha value is -2.05. The summed E-state index contributed by atoms with van der Waals surface area (Å²) in [5.41, 5.74) is -7.09. The summed E-state index contributed by atoms with van der Waals surface area (Å²) in [6.07, 6.45) is -1.65. The lowest BCUT2D eigenvalue weighted by Crippen LogP contribution is -2.68. The molecular formula is C30H35F6NO4S. The number of allylic oxidation sites excluding steroid dienone is 7. The maximum Gasteiger partial charge on any atom is 0.397 e. The first-order chi connectivity index (χ1) is 19.4. The van der Waals surface area contributed by atoms with E-state index in [0.717, 1.165) is 30.2 Å². The zero-order valence-corrected chi connectivity index (χ0v) is 24.3. The van der Waals surface area contributed by atoms with E-state index in [0.29, 0.717) is 11.8 Å². The van der Waals surface area contributed by atoms with Crippen LogP contribution in [0.15, 0.2) is 47.7 Å². The normalized spacial score (nSPS) is 44.6. The molecule has 10 atom stereocenters. The molecule has 5 aliphatic carbocycles. The van der Waals surface area contributed by atoms with Gasteiger partial charge in [0.25, 0.3) is 0 Å². The van der Waals surface area contributed by atoms with E-state index in [-0.39, 0.29) is 37.1 Å². The summed E-state index contributed by atoms with van der Waals surface area (Å²) in [7, 11) is 0. The van der Waals surface area contributed by atoms with E-state index in [1.807, 2.05) is 0 Å². The molecule has 0 aromatic carbocycles. The van der Waals surface area contributed by atoms with Crippen molar-refractivity contribution in [2.75, 3.05) is 12.6 Å². The maximum atomic E-state index is 17.4. The van der Waals surface area contributed by atoms with Crippen LogP contribution in [0.3, 0.4) is 0 Å². The minimum Gasteiger partial charge on any atom is -0.390 e. The molecule has 0 saturated heterocycles. The van der Waals surface area contributed by atoms with Crippen molar-refractivity contribution in [2.24, 2.45) is 39.9 Å². The molecule has 5 aliphatic rings. The number of rotatable bonds is 5. The highest BCUT2D eigenvalue weighted by Gasteiger charge is 2.73. The first-order valence-electron chi connectivity index (χ1n) is 14.0. The van der Waals surface area contributed by atoms with E-state index in [9.17, 15) is 37.5 Å². The molecule has 3 saturated carbocycles. The summed E-state index contributed by atoms with van der Waals surface area (Å²) >= 11 is 0.433. The summed E-state index contributed by atoms with van der Waals surface area (Å²) in [5, 5.41) is 22.6. The quantitative estimate of drug-likeness (QED) is 0.273. The predicted octanol–water partition coefficient (Wildman–Crippen LogP) is 6.44. The van der Waals surface area contributed by atoms with E-state index < -0.39 is 87.4 Å². The van der Waals surface area contributed by atoms with Crippen LogP contribution in [0.4, 0.5) is 26.3 Å². The second-order valence-electron chi connectivity index (χ2n) is 13.2. The van der Waals surface area contributed by atoms with Crippen molar-refractivity contribution < 1.29 is 46.2 Å².